The van der Waals surface area contributed by atoms with E-state index in [4.69, 9.17) is 0 Å². The molecule has 1 amide bonds. The number of hydrogen-bond donors (Lipinski definition) is 2. The van der Waals surface area contributed by atoms with Crippen molar-refractivity contribution in [3.05, 3.63) is 47.8 Å². The summed E-state index contributed by atoms with van der Waals surface area (Å²) in [6, 6.07) is 7.52. The largest absolute Gasteiger partial charge is 0.419 e. The molecule has 25 heavy (non-hydrogen) atoms. The SMILES string of the molecule is O=C(CNc1ccc(F)c(C(F)(F)F)c1)Nc1cccc2nsnc12. The van der Waals surface area contributed by atoms with Crippen molar-refractivity contribution >= 4 is 40.0 Å². The molecule has 0 unspecified atom stereocenters. The highest BCUT2D eigenvalue weighted by Crippen LogP contribution is 2.33. The smallest absolute Gasteiger partial charge is 0.376 e. The summed E-state index contributed by atoms with van der Waals surface area (Å²) >= 11 is 1.00. The molecule has 0 saturated heterocycles. The number of nitrogens with one attached hydrogen (secondary N) is 2. The number of alkyl halides is 3. The van der Waals surface area contributed by atoms with E-state index in [-0.39, 0.29) is 12.2 Å². The maximum atomic E-state index is 13.2. The number of amides is 1. The summed E-state index contributed by atoms with van der Waals surface area (Å²) in [5.41, 5.74) is 0.202. The summed E-state index contributed by atoms with van der Waals surface area (Å²) in [6.07, 6.45) is -4.81. The molecule has 130 valence electrons. The van der Waals surface area contributed by atoms with E-state index in [9.17, 15) is 22.4 Å². The van der Waals surface area contributed by atoms with Gasteiger partial charge in [0.1, 0.15) is 16.9 Å². The predicted octanol–water partition coefficient (Wildman–Crippen LogP) is 3.90. The molecule has 1 aromatic heterocycles. The molecule has 0 spiro atoms. The van der Waals surface area contributed by atoms with E-state index < -0.39 is 23.5 Å². The van der Waals surface area contributed by atoms with Gasteiger partial charge in [-0.15, -0.1) is 0 Å². The van der Waals surface area contributed by atoms with E-state index in [0.717, 1.165) is 17.8 Å². The molecule has 0 radical (unpaired) electrons. The van der Waals surface area contributed by atoms with Gasteiger partial charge in [-0.1, -0.05) is 6.07 Å². The summed E-state index contributed by atoms with van der Waals surface area (Å²) < 4.78 is 59.4. The Kier molecular flexibility index (Phi) is 4.53. The number of carbonyl (C=O) groups excluding carboxylic acids is 1. The van der Waals surface area contributed by atoms with Crippen LogP contribution in [0.3, 0.4) is 0 Å². The summed E-state index contributed by atoms with van der Waals surface area (Å²) in [4.78, 5) is 12.0. The Morgan fingerprint density at radius 3 is 2.72 bits per heavy atom. The van der Waals surface area contributed by atoms with Crippen LogP contribution in [0.1, 0.15) is 5.56 Å². The minimum Gasteiger partial charge on any atom is -0.376 e. The fourth-order valence-electron chi connectivity index (χ4n) is 2.14. The Morgan fingerprint density at radius 1 is 1.16 bits per heavy atom. The number of halogens is 4. The van der Waals surface area contributed by atoms with Gasteiger partial charge in [-0.3, -0.25) is 4.79 Å². The van der Waals surface area contributed by atoms with Crippen LogP contribution in [-0.2, 0) is 11.0 Å². The van der Waals surface area contributed by atoms with Crippen LogP contribution in [0, 0.1) is 5.82 Å². The maximum Gasteiger partial charge on any atom is 0.419 e. The molecule has 3 rings (SSSR count). The lowest BCUT2D eigenvalue weighted by Crippen LogP contribution is -2.22. The van der Waals surface area contributed by atoms with Gasteiger partial charge in [0.2, 0.25) is 5.91 Å². The number of fused-ring (bicyclic) bond motifs is 1. The van der Waals surface area contributed by atoms with Crippen molar-refractivity contribution in [1.29, 1.82) is 0 Å². The molecular weight excluding hydrogens is 360 g/mol. The molecule has 1 heterocycles. The van der Waals surface area contributed by atoms with Crippen molar-refractivity contribution in [3.8, 4) is 0 Å². The minimum absolute atomic E-state index is 0.0163. The molecule has 0 atom stereocenters. The minimum atomic E-state index is -4.81. The Balaban J connectivity index is 1.68. The van der Waals surface area contributed by atoms with Crippen molar-refractivity contribution in [2.24, 2.45) is 0 Å². The van der Waals surface area contributed by atoms with Crippen LogP contribution in [-0.4, -0.2) is 21.2 Å². The second-order valence-corrected chi connectivity index (χ2v) is 5.56. The Hall–Kier alpha value is -2.75. The molecule has 0 saturated carbocycles. The monoisotopic (exact) mass is 370 g/mol. The van der Waals surface area contributed by atoms with Gasteiger partial charge in [-0.2, -0.15) is 21.9 Å². The van der Waals surface area contributed by atoms with E-state index in [2.05, 4.69) is 19.4 Å². The Labute approximate surface area is 143 Å². The van der Waals surface area contributed by atoms with Crippen LogP contribution in [0.4, 0.5) is 28.9 Å². The van der Waals surface area contributed by atoms with Gasteiger partial charge in [0.15, 0.2) is 0 Å². The second-order valence-electron chi connectivity index (χ2n) is 5.03. The zero-order chi connectivity index (χ0) is 18.0. The standard InChI is InChI=1S/C15H10F4N4OS/c16-10-5-4-8(6-9(10)15(17,18)19)20-7-13(24)21-11-2-1-3-12-14(11)23-25-22-12/h1-6,20H,7H2,(H,21,24). The summed E-state index contributed by atoms with van der Waals surface area (Å²) in [6.45, 7) is -0.295. The third-order valence-electron chi connectivity index (χ3n) is 3.28. The van der Waals surface area contributed by atoms with Crippen molar-refractivity contribution < 1.29 is 22.4 Å². The van der Waals surface area contributed by atoms with Crippen LogP contribution >= 0.6 is 11.7 Å². The first-order valence-corrected chi connectivity index (χ1v) is 7.69. The second kappa shape index (κ2) is 6.63. The Morgan fingerprint density at radius 2 is 1.96 bits per heavy atom. The molecule has 5 nitrogen and oxygen atoms in total. The number of hydrogen-bond acceptors (Lipinski definition) is 5. The predicted molar refractivity (Wildman–Crippen MR) is 85.9 cm³/mol. The highest BCUT2D eigenvalue weighted by Gasteiger charge is 2.34. The first kappa shape index (κ1) is 17.1. The van der Waals surface area contributed by atoms with Gasteiger partial charge in [-0.05, 0) is 30.3 Å². The lowest BCUT2D eigenvalue weighted by Gasteiger charge is -2.12. The molecule has 3 aromatic rings. The highest BCUT2D eigenvalue weighted by atomic mass is 32.1. The van der Waals surface area contributed by atoms with Crippen LogP contribution in [0.25, 0.3) is 11.0 Å². The number of aromatic nitrogens is 2. The topological polar surface area (TPSA) is 66.9 Å². The highest BCUT2D eigenvalue weighted by molar-refractivity contribution is 7.00. The zero-order valence-corrected chi connectivity index (χ0v) is 13.2. The third-order valence-corrected chi connectivity index (χ3v) is 3.83. The molecule has 2 N–H and O–H groups in total. The summed E-state index contributed by atoms with van der Waals surface area (Å²) in [7, 11) is 0. The van der Waals surface area contributed by atoms with Crippen LogP contribution in [0.15, 0.2) is 36.4 Å². The van der Waals surface area contributed by atoms with Crippen molar-refractivity contribution in [3.63, 3.8) is 0 Å². The van der Waals surface area contributed by atoms with Crippen LogP contribution < -0.4 is 10.6 Å². The summed E-state index contributed by atoms with van der Waals surface area (Å²) in [5, 5.41) is 5.14. The zero-order valence-electron chi connectivity index (χ0n) is 12.4. The lowest BCUT2D eigenvalue weighted by molar-refractivity contribution is -0.139. The Bertz CT molecular complexity index is 925. The van der Waals surface area contributed by atoms with E-state index in [0.29, 0.717) is 28.9 Å². The molecular formula is C15H10F4N4OS. The maximum absolute atomic E-state index is 13.2. The van der Waals surface area contributed by atoms with E-state index >= 15 is 0 Å². The van der Waals surface area contributed by atoms with Gasteiger partial charge < -0.3 is 10.6 Å². The van der Waals surface area contributed by atoms with E-state index in [1.165, 1.54) is 0 Å². The fourth-order valence-corrected chi connectivity index (χ4v) is 2.69. The lowest BCUT2D eigenvalue weighted by atomic mass is 10.2. The number of nitrogens with zero attached hydrogens (tertiary/aromatic N) is 2. The molecule has 0 aliphatic rings. The average Bonchev–Trinajstić information content (AvgIpc) is 3.03. The van der Waals surface area contributed by atoms with Crippen LogP contribution in [0.2, 0.25) is 0 Å². The number of carbonyl (C=O) groups is 1. The molecule has 0 bridgehead atoms. The molecule has 0 aliphatic carbocycles. The van der Waals surface area contributed by atoms with Crippen molar-refractivity contribution in [2.45, 2.75) is 6.18 Å². The normalized spacial score (nSPS) is 11.5. The molecule has 0 aliphatic heterocycles. The number of rotatable bonds is 4. The first-order valence-electron chi connectivity index (χ1n) is 6.96. The molecule has 0 fully saturated rings. The number of anilines is 2. The van der Waals surface area contributed by atoms with Gasteiger partial charge in [-0.25, -0.2) is 4.39 Å². The average molecular weight is 370 g/mol. The van der Waals surface area contributed by atoms with Crippen molar-refractivity contribution in [2.75, 3.05) is 17.2 Å². The van der Waals surface area contributed by atoms with Gasteiger partial charge >= 0.3 is 6.18 Å². The fraction of sp³-hybridized carbons (Fsp3) is 0.133. The molecule has 2 aromatic carbocycles. The summed E-state index contributed by atoms with van der Waals surface area (Å²) in [5.74, 6) is -1.86. The van der Waals surface area contributed by atoms with E-state index in [1.54, 1.807) is 18.2 Å². The van der Waals surface area contributed by atoms with Crippen LogP contribution in [0.5, 0.6) is 0 Å². The third kappa shape index (κ3) is 3.85. The first-order chi connectivity index (χ1) is 11.8. The van der Waals surface area contributed by atoms with E-state index in [1.807, 2.05) is 0 Å². The van der Waals surface area contributed by atoms with Gasteiger partial charge in [0.05, 0.1) is 29.5 Å². The number of benzene rings is 2. The van der Waals surface area contributed by atoms with Crippen molar-refractivity contribution in [1.82, 2.24) is 8.75 Å². The van der Waals surface area contributed by atoms with Gasteiger partial charge in [0.25, 0.3) is 0 Å². The van der Waals surface area contributed by atoms with Gasteiger partial charge in [0, 0.05) is 5.69 Å². The molecule has 10 heteroatoms. The quantitative estimate of drug-likeness (QED) is 0.684.